The van der Waals surface area contributed by atoms with Gasteiger partial charge in [-0.1, -0.05) is 36.4 Å². The second-order valence-corrected chi connectivity index (χ2v) is 7.97. The van der Waals surface area contributed by atoms with Crippen LogP contribution in [0.3, 0.4) is 0 Å². The SMILES string of the molecule is Fc1ccccc1CN(CCN1CCOCC1)Cc1cccn1Cc1ccccc1F. The summed E-state index contributed by atoms with van der Waals surface area (Å²) in [5.41, 5.74) is 2.44. The summed E-state index contributed by atoms with van der Waals surface area (Å²) < 4.78 is 36.0. The molecule has 1 aliphatic heterocycles. The molecule has 164 valence electrons. The van der Waals surface area contributed by atoms with Crippen LogP contribution in [0, 0.1) is 11.6 Å². The molecule has 3 aromatic rings. The van der Waals surface area contributed by atoms with E-state index in [2.05, 4.69) is 20.4 Å². The smallest absolute Gasteiger partial charge is 0.128 e. The molecule has 1 aromatic heterocycles. The summed E-state index contributed by atoms with van der Waals surface area (Å²) in [6, 6.07) is 17.9. The molecule has 4 nitrogen and oxygen atoms in total. The maximum absolute atomic E-state index is 14.3. The average molecular weight is 426 g/mol. The zero-order valence-electron chi connectivity index (χ0n) is 17.7. The van der Waals surface area contributed by atoms with Crippen LogP contribution in [-0.4, -0.2) is 53.8 Å². The van der Waals surface area contributed by atoms with E-state index in [0.717, 1.165) is 45.1 Å². The lowest BCUT2D eigenvalue weighted by Crippen LogP contribution is -2.41. The first-order valence-electron chi connectivity index (χ1n) is 10.8. The van der Waals surface area contributed by atoms with Crippen molar-refractivity contribution in [2.75, 3.05) is 39.4 Å². The quantitative estimate of drug-likeness (QED) is 0.514. The average Bonchev–Trinajstić information content (AvgIpc) is 3.22. The van der Waals surface area contributed by atoms with E-state index >= 15 is 0 Å². The van der Waals surface area contributed by atoms with Crippen LogP contribution in [0.5, 0.6) is 0 Å². The van der Waals surface area contributed by atoms with Crippen LogP contribution in [0.25, 0.3) is 0 Å². The Balaban J connectivity index is 1.48. The number of ether oxygens (including phenoxy) is 1. The summed E-state index contributed by atoms with van der Waals surface area (Å²) in [4.78, 5) is 4.65. The fourth-order valence-corrected chi connectivity index (χ4v) is 3.98. The van der Waals surface area contributed by atoms with Crippen LogP contribution in [-0.2, 0) is 24.4 Å². The van der Waals surface area contributed by atoms with Gasteiger partial charge in [-0.05, 0) is 24.3 Å². The van der Waals surface area contributed by atoms with Crippen molar-refractivity contribution >= 4 is 0 Å². The first kappa shape index (κ1) is 21.7. The van der Waals surface area contributed by atoms with Gasteiger partial charge in [-0.2, -0.15) is 0 Å². The van der Waals surface area contributed by atoms with Crippen LogP contribution < -0.4 is 0 Å². The predicted molar refractivity (Wildman–Crippen MR) is 118 cm³/mol. The molecule has 4 rings (SSSR count). The third kappa shape index (κ3) is 6.00. The Morgan fingerprint density at radius 3 is 2.19 bits per heavy atom. The highest BCUT2D eigenvalue weighted by molar-refractivity contribution is 5.20. The van der Waals surface area contributed by atoms with Gasteiger partial charge in [-0.3, -0.25) is 9.80 Å². The fourth-order valence-electron chi connectivity index (χ4n) is 3.98. The van der Waals surface area contributed by atoms with E-state index in [4.69, 9.17) is 4.74 Å². The summed E-state index contributed by atoms with van der Waals surface area (Å²) in [5, 5.41) is 0. The van der Waals surface area contributed by atoms with Crippen LogP contribution in [0.4, 0.5) is 8.78 Å². The monoisotopic (exact) mass is 425 g/mol. The number of hydrogen-bond acceptors (Lipinski definition) is 3. The normalized spacial score (nSPS) is 14.9. The van der Waals surface area contributed by atoms with Crippen molar-refractivity contribution in [3.05, 3.63) is 95.3 Å². The molecular weight excluding hydrogens is 396 g/mol. The molecule has 0 unspecified atom stereocenters. The van der Waals surface area contributed by atoms with Crippen molar-refractivity contribution in [1.29, 1.82) is 0 Å². The van der Waals surface area contributed by atoms with Gasteiger partial charge in [0.25, 0.3) is 0 Å². The number of hydrogen-bond donors (Lipinski definition) is 0. The molecule has 6 heteroatoms. The maximum Gasteiger partial charge on any atom is 0.128 e. The zero-order valence-corrected chi connectivity index (χ0v) is 17.7. The fraction of sp³-hybridized carbons (Fsp3) is 0.360. The molecular formula is C25H29F2N3O. The summed E-state index contributed by atoms with van der Waals surface area (Å²) in [6.45, 7) is 6.78. The van der Waals surface area contributed by atoms with Gasteiger partial charge in [0.15, 0.2) is 0 Å². The predicted octanol–water partition coefficient (Wildman–Crippen LogP) is 4.15. The van der Waals surface area contributed by atoms with Crippen LogP contribution >= 0.6 is 0 Å². The van der Waals surface area contributed by atoms with E-state index in [9.17, 15) is 8.78 Å². The van der Waals surface area contributed by atoms with Crippen LogP contribution in [0.2, 0.25) is 0 Å². The standard InChI is InChI=1S/C25H29F2N3O/c26-24-9-3-1-6-21(24)18-29(13-12-28-14-16-31-17-15-28)20-23-8-5-11-30(23)19-22-7-2-4-10-25(22)27/h1-11H,12-20H2. The number of halogens is 2. The number of aromatic nitrogens is 1. The van der Waals surface area contributed by atoms with Crippen molar-refractivity contribution in [1.82, 2.24) is 14.4 Å². The minimum absolute atomic E-state index is 0.180. The van der Waals surface area contributed by atoms with Crippen molar-refractivity contribution in [2.24, 2.45) is 0 Å². The zero-order chi connectivity index (χ0) is 21.5. The lowest BCUT2D eigenvalue weighted by molar-refractivity contribution is 0.0323. The minimum Gasteiger partial charge on any atom is -0.379 e. The van der Waals surface area contributed by atoms with Crippen molar-refractivity contribution in [3.8, 4) is 0 Å². The largest absolute Gasteiger partial charge is 0.379 e. The van der Waals surface area contributed by atoms with Crippen LogP contribution in [0.1, 0.15) is 16.8 Å². The Hall–Kier alpha value is -2.54. The highest BCUT2D eigenvalue weighted by Crippen LogP contribution is 2.16. The van der Waals surface area contributed by atoms with E-state index in [1.165, 1.54) is 12.1 Å². The van der Waals surface area contributed by atoms with Gasteiger partial charge in [-0.25, -0.2) is 8.78 Å². The highest BCUT2D eigenvalue weighted by atomic mass is 19.1. The molecule has 1 saturated heterocycles. The Labute approximate surface area is 182 Å². The van der Waals surface area contributed by atoms with Gasteiger partial charge in [0.2, 0.25) is 0 Å². The molecule has 31 heavy (non-hydrogen) atoms. The summed E-state index contributed by atoms with van der Waals surface area (Å²) in [7, 11) is 0. The molecule has 1 fully saturated rings. The van der Waals surface area contributed by atoms with E-state index in [-0.39, 0.29) is 11.6 Å². The van der Waals surface area contributed by atoms with Gasteiger partial charge in [0.05, 0.1) is 19.8 Å². The minimum atomic E-state index is -0.197. The number of morpholine rings is 1. The molecule has 0 aliphatic carbocycles. The summed E-state index contributed by atoms with van der Waals surface area (Å²) in [6.07, 6.45) is 1.98. The van der Waals surface area contributed by atoms with Gasteiger partial charge in [-0.15, -0.1) is 0 Å². The molecule has 2 heterocycles. The van der Waals surface area contributed by atoms with E-state index in [1.54, 1.807) is 12.1 Å². The van der Waals surface area contributed by atoms with Crippen molar-refractivity contribution in [2.45, 2.75) is 19.6 Å². The molecule has 2 aromatic carbocycles. The van der Waals surface area contributed by atoms with Crippen LogP contribution in [0.15, 0.2) is 66.9 Å². The summed E-state index contributed by atoms with van der Waals surface area (Å²) in [5.74, 6) is -0.377. The molecule has 1 aliphatic rings. The van der Waals surface area contributed by atoms with E-state index in [0.29, 0.717) is 30.8 Å². The maximum atomic E-state index is 14.3. The molecule has 0 saturated carbocycles. The second kappa shape index (κ2) is 10.7. The molecule has 0 bridgehead atoms. The van der Waals surface area contributed by atoms with Gasteiger partial charge in [0, 0.05) is 62.3 Å². The molecule has 0 radical (unpaired) electrons. The van der Waals surface area contributed by atoms with Gasteiger partial charge in [0.1, 0.15) is 11.6 Å². The Bertz CT molecular complexity index is 969. The topological polar surface area (TPSA) is 20.6 Å². The molecule has 0 atom stereocenters. The Morgan fingerprint density at radius 2 is 1.48 bits per heavy atom. The molecule has 0 amide bonds. The number of nitrogens with zero attached hydrogens (tertiary/aromatic N) is 3. The highest BCUT2D eigenvalue weighted by Gasteiger charge is 2.16. The first-order chi connectivity index (χ1) is 15.2. The first-order valence-corrected chi connectivity index (χ1v) is 10.8. The molecule has 0 spiro atoms. The third-order valence-corrected chi connectivity index (χ3v) is 5.80. The Kier molecular flexibility index (Phi) is 7.46. The Morgan fingerprint density at radius 1 is 0.806 bits per heavy atom. The van der Waals surface area contributed by atoms with E-state index < -0.39 is 0 Å². The summed E-state index contributed by atoms with van der Waals surface area (Å²) >= 11 is 0. The number of benzene rings is 2. The lowest BCUT2D eigenvalue weighted by atomic mass is 10.2. The van der Waals surface area contributed by atoms with E-state index in [1.807, 2.05) is 36.5 Å². The number of rotatable bonds is 9. The van der Waals surface area contributed by atoms with Crippen molar-refractivity contribution in [3.63, 3.8) is 0 Å². The van der Waals surface area contributed by atoms with Crippen molar-refractivity contribution < 1.29 is 13.5 Å². The van der Waals surface area contributed by atoms with Gasteiger partial charge >= 0.3 is 0 Å². The third-order valence-electron chi connectivity index (χ3n) is 5.80. The lowest BCUT2D eigenvalue weighted by Gasteiger charge is -2.30. The van der Waals surface area contributed by atoms with Gasteiger partial charge < -0.3 is 9.30 Å². The molecule has 0 N–H and O–H groups in total. The second-order valence-electron chi connectivity index (χ2n) is 7.97.